The van der Waals surface area contributed by atoms with Crippen LogP contribution in [0.15, 0.2) is 0 Å². The van der Waals surface area contributed by atoms with E-state index in [0.29, 0.717) is 0 Å². The normalized spacial score (nSPS) is 20.7. The summed E-state index contributed by atoms with van der Waals surface area (Å²) in [6, 6.07) is -0.289. The second-order valence-electron chi connectivity index (χ2n) is 5.91. The zero-order valence-electron chi connectivity index (χ0n) is 11.8. The Morgan fingerprint density at radius 3 is 2.30 bits per heavy atom. The van der Waals surface area contributed by atoms with Crippen molar-refractivity contribution in [2.45, 2.75) is 44.2 Å². The molecule has 0 heterocycles. The number of hydrogen-bond donors (Lipinski definition) is 3. The summed E-state index contributed by atoms with van der Waals surface area (Å²) < 4.78 is 0. The summed E-state index contributed by atoms with van der Waals surface area (Å²) in [5.41, 5.74) is -1.25. The van der Waals surface area contributed by atoms with Gasteiger partial charge in [0.1, 0.15) is 12.1 Å². The van der Waals surface area contributed by atoms with Crippen LogP contribution >= 0.6 is 0 Å². The average molecular weight is 283 g/mol. The molecular formula is C13H21N3O4. The Morgan fingerprint density at radius 2 is 1.85 bits per heavy atom. The van der Waals surface area contributed by atoms with Crippen molar-refractivity contribution in [3.8, 4) is 0 Å². The van der Waals surface area contributed by atoms with Crippen LogP contribution < -0.4 is 10.6 Å². The molecule has 112 valence electrons. The predicted molar refractivity (Wildman–Crippen MR) is 71.1 cm³/mol. The number of carbonyl (C=O) groups is 3. The third-order valence-electron chi connectivity index (χ3n) is 3.87. The van der Waals surface area contributed by atoms with E-state index >= 15 is 0 Å². The Labute approximate surface area is 117 Å². The maximum atomic E-state index is 12.0. The number of urea groups is 1. The number of likely N-dealkylation sites (N-methyl/N-ethyl adjacent to an activating group) is 1. The molecule has 0 saturated heterocycles. The van der Waals surface area contributed by atoms with Crippen LogP contribution in [-0.2, 0) is 9.59 Å². The lowest BCUT2D eigenvalue weighted by atomic mass is 9.96. The average Bonchev–Trinajstić information content (AvgIpc) is 3.21. The molecule has 0 radical (unpaired) electrons. The van der Waals surface area contributed by atoms with E-state index in [1.165, 1.54) is 18.9 Å². The van der Waals surface area contributed by atoms with Crippen LogP contribution in [0.3, 0.4) is 0 Å². The molecule has 0 aromatic rings. The van der Waals surface area contributed by atoms with Crippen molar-refractivity contribution in [2.24, 2.45) is 5.92 Å². The van der Waals surface area contributed by atoms with Crippen molar-refractivity contribution < 1.29 is 19.5 Å². The fourth-order valence-electron chi connectivity index (χ4n) is 2.10. The van der Waals surface area contributed by atoms with Crippen LogP contribution in [-0.4, -0.2) is 53.1 Å². The minimum atomic E-state index is -1.25. The van der Waals surface area contributed by atoms with E-state index in [1.54, 1.807) is 0 Å². The Kier molecular flexibility index (Phi) is 3.87. The summed E-state index contributed by atoms with van der Waals surface area (Å²) in [6.07, 6.45) is 3.57. The molecule has 0 aliphatic heterocycles. The maximum Gasteiger partial charge on any atom is 0.329 e. The number of amides is 3. The van der Waals surface area contributed by atoms with Gasteiger partial charge in [0, 0.05) is 13.1 Å². The van der Waals surface area contributed by atoms with Gasteiger partial charge in [0.25, 0.3) is 0 Å². The Morgan fingerprint density at radius 1 is 1.25 bits per heavy atom. The number of nitrogens with one attached hydrogen (secondary N) is 2. The molecule has 0 aromatic heterocycles. The number of rotatable bonds is 6. The number of aliphatic carboxylic acids is 1. The van der Waals surface area contributed by atoms with E-state index in [-0.39, 0.29) is 24.4 Å². The molecular weight excluding hydrogens is 262 g/mol. The lowest BCUT2D eigenvalue weighted by molar-refractivity contribution is -0.144. The summed E-state index contributed by atoms with van der Waals surface area (Å²) in [5, 5.41) is 14.6. The van der Waals surface area contributed by atoms with Crippen molar-refractivity contribution in [2.75, 3.05) is 13.6 Å². The fraction of sp³-hybridized carbons (Fsp3) is 0.769. The Hall–Kier alpha value is -1.79. The van der Waals surface area contributed by atoms with Crippen molar-refractivity contribution in [3.63, 3.8) is 0 Å². The second-order valence-corrected chi connectivity index (χ2v) is 5.91. The molecule has 3 amide bonds. The zero-order valence-corrected chi connectivity index (χ0v) is 11.8. The first-order valence-electron chi connectivity index (χ1n) is 6.89. The van der Waals surface area contributed by atoms with E-state index < -0.39 is 17.5 Å². The lowest BCUT2D eigenvalue weighted by Crippen LogP contribution is -2.57. The van der Waals surface area contributed by atoms with Crippen LogP contribution in [0.1, 0.15) is 32.6 Å². The minimum absolute atomic E-state index is 0.0300. The van der Waals surface area contributed by atoms with E-state index in [4.69, 9.17) is 0 Å². The number of hydrogen-bond acceptors (Lipinski definition) is 3. The molecule has 0 aromatic carbocycles. The van der Waals surface area contributed by atoms with Gasteiger partial charge in [0.2, 0.25) is 5.91 Å². The van der Waals surface area contributed by atoms with Gasteiger partial charge in [0.15, 0.2) is 0 Å². The van der Waals surface area contributed by atoms with Crippen LogP contribution in [0.2, 0.25) is 0 Å². The second kappa shape index (κ2) is 5.30. The SMILES string of the molecule is CN(CC(=O)NC1CC1)C(=O)NC(C)(C(=O)O)C1CC1. The summed E-state index contributed by atoms with van der Waals surface area (Å²) in [6.45, 7) is 1.45. The topological polar surface area (TPSA) is 98.7 Å². The largest absolute Gasteiger partial charge is 0.480 e. The van der Waals surface area contributed by atoms with Gasteiger partial charge in [-0.05, 0) is 38.5 Å². The van der Waals surface area contributed by atoms with Gasteiger partial charge >= 0.3 is 12.0 Å². The Balaban J connectivity index is 1.85. The molecule has 2 fully saturated rings. The molecule has 0 spiro atoms. The molecule has 7 nitrogen and oxygen atoms in total. The molecule has 2 rings (SSSR count). The van der Waals surface area contributed by atoms with Crippen LogP contribution in [0.4, 0.5) is 4.79 Å². The van der Waals surface area contributed by atoms with E-state index in [0.717, 1.165) is 25.7 Å². The number of carbonyl (C=O) groups excluding carboxylic acids is 2. The third kappa shape index (κ3) is 3.40. The number of carboxylic acids is 1. The fourth-order valence-corrected chi connectivity index (χ4v) is 2.10. The highest BCUT2D eigenvalue weighted by Crippen LogP contribution is 2.39. The van der Waals surface area contributed by atoms with Gasteiger partial charge in [-0.2, -0.15) is 0 Å². The van der Waals surface area contributed by atoms with E-state index in [9.17, 15) is 19.5 Å². The Bertz CT molecular complexity index is 431. The van der Waals surface area contributed by atoms with Gasteiger partial charge in [0.05, 0.1) is 0 Å². The minimum Gasteiger partial charge on any atom is -0.480 e. The molecule has 1 unspecified atom stereocenters. The number of nitrogens with zero attached hydrogens (tertiary/aromatic N) is 1. The van der Waals surface area contributed by atoms with E-state index in [2.05, 4.69) is 10.6 Å². The molecule has 2 aliphatic rings. The first-order valence-corrected chi connectivity index (χ1v) is 6.89. The zero-order chi connectivity index (χ0) is 14.9. The molecule has 7 heteroatoms. The van der Waals surface area contributed by atoms with Gasteiger partial charge < -0.3 is 20.6 Å². The predicted octanol–water partition coefficient (Wildman–Crippen LogP) is 0.160. The summed E-state index contributed by atoms with van der Waals surface area (Å²) in [7, 11) is 1.48. The van der Waals surface area contributed by atoms with Gasteiger partial charge in [-0.1, -0.05) is 0 Å². The van der Waals surface area contributed by atoms with Gasteiger partial charge in [-0.25, -0.2) is 9.59 Å². The molecule has 0 bridgehead atoms. The summed E-state index contributed by atoms with van der Waals surface area (Å²) in [4.78, 5) is 36.1. The highest BCUT2D eigenvalue weighted by atomic mass is 16.4. The highest BCUT2D eigenvalue weighted by Gasteiger charge is 2.49. The van der Waals surface area contributed by atoms with Crippen LogP contribution in [0.25, 0.3) is 0 Å². The van der Waals surface area contributed by atoms with Crippen LogP contribution in [0.5, 0.6) is 0 Å². The van der Waals surface area contributed by atoms with Crippen molar-refractivity contribution in [1.29, 1.82) is 0 Å². The first-order chi connectivity index (χ1) is 9.33. The van der Waals surface area contributed by atoms with Crippen molar-refractivity contribution in [1.82, 2.24) is 15.5 Å². The third-order valence-corrected chi connectivity index (χ3v) is 3.87. The highest BCUT2D eigenvalue weighted by molar-refractivity contribution is 5.89. The van der Waals surface area contributed by atoms with Crippen LogP contribution in [0, 0.1) is 5.92 Å². The molecule has 3 N–H and O–H groups in total. The molecule has 2 aliphatic carbocycles. The van der Waals surface area contributed by atoms with Crippen molar-refractivity contribution >= 4 is 17.9 Å². The quantitative estimate of drug-likeness (QED) is 0.646. The molecule has 2 saturated carbocycles. The lowest BCUT2D eigenvalue weighted by Gasteiger charge is -2.29. The number of carboxylic acid groups (broad SMARTS) is 1. The summed E-state index contributed by atoms with van der Waals surface area (Å²) in [5.74, 6) is -1.28. The molecule has 1 atom stereocenters. The van der Waals surface area contributed by atoms with Gasteiger partial charge in [-0.15, -0.1) is 0 Å². The maximum absolute atomic E-state index is 12.0. The molecule has 20 heavy (non-hydrogen) atoms. The summed E-state index contributed by atoms with van der Waals surface area (Å²) >= 11 is 0. The van der Waals surface area contributed by atoms with Crippen molar-refractivity contribution in [3.05, 3.63) is 0 Å². The van der Waals surface area contributed by atoms with E-state index in [1.807, 2.05) is 0 Å². The standard InChI is InChI=1S/C13H21N3O4/c1-13(11(18)19,8-3-4-8)15-12(20)16(2)7-10(17)14-9-5-6-9/h8-9H,3-7H2,1-2H3,(H,14,17)(H,15,20)(H,18,19). The van der Waals surface area contributed by atoms with Gasteiger partial charge in [-0.3, -0.25) is 4.79 Å². The monoisotopic (exact) mass is 283 g/mol. The smallest absolute Gasteiger partial charge is 0.329 e. The first kappa shape index (κ1) is 14.6.